The molecule has 2 unspecified atom stereocenters. The molecular weight excluding hydrogens is 302 g/mol. The monoisotopic (exact) mass is 323 g/mol. The number of carbonyl (C=O) groups is 1. The van der Waals surface area contributed by atoms with Gasteiger partial charge in [-0.15, -0.1) is 10.2 Å². The lowest BCUT2D eigenvalue weighted by Crippen LogP contribution is -2.38. The smallest absolute Gasteiger partial charge is 0.245 e. The number of allylic oxidation sites excluding steroid dienone is 1. The van der Waals surface area contributed by atoms with E-state index in [9.17, 15) is 4.79 Å². The van der Waals surface area contributed by atoms with E-state index in [0.717, 1.165) is 41.5 Å². The molecule has 3 atom stereocenters. The van der Waals surface area contributed by atoms with Gasteiger partial charge in [0.05, 0.1) is 6.54 Å². The molecule has 1 aromatic heterocycles. The van der Waals surface area contributed by atoms with E-state index in [1.54, 1.807) is 12.7 Å². The van der Waals surface area contributed by atoms with Crippen LogP contribution in [0.1, 0.15) is 24.8 Å². The zero-order valence-electron chi connectivity index (χ0n) is 13.4. The van der Waals surface area contributed by atoms with Crippen molar-refractivity contribution < 1.29 is 4.79 Å². The standard InChI is InChI=1S/C18H21N5O/c19-17(14-5-4-13-7-15(13)8-14)18(24)22-16-3-1-2-12(6-16)9-23-10-20-21-11-23/h1-3,5-6,10-11,13,15,17H,4,7-9,19H2,(H,22,24)/t13?,15?,17-/m1/s1. The SMILES string of the molecule is N[C@@H](C(=O)Nc1cccc(Cn2cnnc2)c1)C1=CCC2CC2C1. The first kappa shape index (κ1) is 15.1. The van der Waals surface area contributed by atoms with Crippen LogP contribution < -0.4 is 11.1 Å². The van der Waals surface area contributed by atoms with Gasteiger partial charge in [0.25, 0.3) is 0 Å². The van der Waals surface area contributed by atoms with Crippen molar-refractivity contribution in [1.29, 1.82) is 0 Å². The van der Waals surface area contributed by atoms with Crippen LogP contribution in [0.3, 0.4) is 0 Å². The highest BCUT2D eigenvalue weighted by Crippen LogP contribution is 2.49. The van der Waals surface area contributed by atoms with Gasteiger partial charge in [0.1, 0.15) is 18.7 Å². The number of nitrogens with two attached hydrogens (primary N) is 1. The average molecular weight is 323 g/mol. The van der Waals surface area contributed by atoms with E-state index in [2.05, 4.69) is 21.6 Å². The maximum atomic E-state index is 12.5. The van der Waals surface area contributed by atoms with E-state index in [0.29, 0.717) is 6.54 Å². The van der Waals surface area contributed by atoms with Crippen LogP contribution in [0.25, 0.3) is 0 Å². The van der Waals surface area contributed by atoms with E-state index in [1.807, 2.05) is 28.8 Å². The summed E-state index contributed by atoms with van der Waals surface area (Å²) in [6.45, 7) is 0.664. The predicted molar refractivity (Wildman–Crippen MR) is 91.1 cm³/mol. The normalized spacial score (nSPS) is 23.1. The summed E-state index contributed by atoms with van der Waals surface area (Å²) >= 11 is 0. The summed E-state index contributed by atoms with van der Waals surface area (Å²) in [5, 5.41) is 10.5. The lowest BCUT2D eigenvalue weighted by molar-refractivity contribution is -0.116. The van der Waals surface area contributed by atoms with Crippen molar-refractivity contribution in [2.75, 3.05) is 5.32 Å². The van der Waals surface area contributed by atoms with E-state index in [4.69, 9.17) is 5.73 Å². The minimum absolute atomic E-state index is 0.137. The minimum Gasteiger partial charge on any atom is -0.324 e. The number of nitrogens with zero attached hydrogens (tertiary/aromatic N) is 3. The Morgan fingerprint density at radius 3 is 2.96 bits per heavy atom. The summed E-state index contributed by atoms with van der Waals surface area (Å²) in [6, 6.07) is 7.22. The predicted octanol–water partition coefficient (Wildman–Crippen LogP) is 1.95. The van der Waals surface area contributed by atoms with Crippen molar-refractivity contribution in [3.63, 3.8) is 0 Å². The van der Waals surface area contributed by atoms with Gasteiger partial charge in [-0.2, -0.15) is 0 Å². The Bertz CT molecular complexity index is 767. The highest BCUT2D eigenvalue weighted by atomic mass is 16.2. The zero-order valence-corrected chi connectivity index (χ0v) is 13.4. The molecular formula is C18H21N5O. The van der Waals surface area contributed by atoms with Gasteiger partial charge in [-0.3, -0.25) is 4.79 Å². The quantitative estimate of drug-likeness (QED) is 0.824. The van der Waals surface area contributed by atoms with Gasteiger partial charge >= 0.3 is 0 Å². The number of nitrogens with one attached hydrogen (secondary N) is 1. The number of hydrogen-bond donors (Lipinski definition) is 2. The number of anilines is 1. The molecule has 0 spiro atoms. The highest BCUT2D eigenvalue weighted by Gasteiger charge is 2.40. The first-order valence-corrected chi connectivity index (χ1v) is 8.36. The average Bonchev–Trinajstić information content (AvgIpc) is 3.19. The maximum Gasteiger partial charge on any atom is 0.245 e. The van der Waals surface area contributed by atoms with Crippen LogP contribution in [0.4, 0.5) is 5.69 Å². The van der Waals surface area contributed by atoms with Crippen molar-refractivity contribution in [3.8, 4) is 0 Å². The molecule has 1 heterocycles. The lowest BCUT2D eigenvalue weighted by Gasteiger charge is -2.19. The molecule has 4 rings (SSSR count). The third-order valence-electron chi connectivity index (χ3n) is 4.96. The summed E-state index contributed by atoms with van der Waals surface area (Å²) < 4.78 is 1.88. The molecule has 0 aliphatic heterocycles. The summed E-state index contributed by atoms with van der Waals surface area (Å²) in [5.41, 5.74) is 9.09. The van der Waals surface area contributed by atoms with Crippen LogP contribution in [0.2, 0.25) is 0 Å². The second kappa shape index (κ2) is 6.20. The van der Waals surface area contributed by atoms with Gasteiger partial charge in [-0.25, -0.2) is 0 Å². The maximum absolute atomic E-state index is 12.5. The Morgan fingerprint density at radius 2 is 2.17 bits per heavy atom. The molecule has 1 amide bonds. The second-order valence-electron chi connectivity index (χ2n) is 6.78. The summed E-state index contributed by atoms with van der Waals surface area (Å²) in [7, 11) is 0. The van der Waals surface area contributed by atoms with Crippen molar-refractivity contribution in [1.82, 2.24) is 14.8 Å². The van der Waals surface area contributed by atoms with E-state index in [-0.39, 0.29) is 5.91 Å². The van der Waals surface area contributed by atoms with Crippen LogP contribution >= 0.6 is 0 Å². The number of amides is 1. The number of benzene rings is 1. The number of hydrogen-bond acceptors (Lipinski definition) is 4. The fraction of sp³-hybridized carbons (Fsp3) is 0.389. The number of rotatable bonds is 5. The van der Waals surface area contributed by atoms with Gasteiger partial charge in [-0.05, 0) is 54.4 Å². The molecule has 0 saturated heterocycles. The molecule has 0 radical (unpaired) electrons. The molecule has 24 heavy (non-hydrogen) atoms. The fourth-order valence-corrected chi connectivity index (χ4v) is 3.44. The van der Waals surface area contributed by atoms with Crippen LogP contribution in [0.15, 0.2) is 48.6 Å². The molecule has 124 valence electrons. The Balaban J connectivity index is 1.40. The Labute approximate surface area is 140 Å². The van der Waals surface area contributed by atoms with Gasteiger partial charge in [0, 0.05) is 5.69 Å². The first-order valence-electron chi connectivity index (χ1n) is 8.36. The third kappa shape index (κ3) is 3.23. The molecule has 1 saturated carbocycles. The topological polar surface area (TPSA) is 85.8 Å². The van der Waals surface area contributed by atoms with Crippen molar-refractivity contribution >= 4 is 11.6 Å². The molecule has 0 bridgehead atoms. The molecule has 3 N–H and O–H groups in total. The third-order valence-corrected chi connectivity index (χ3v) is 4.96. The number of fused-ring (bicyclic) bond motifs is 1. The molecule has 1 fully saturated rings. The molecule has 6 heteroatoms. The Morgan fingerprint density at radius 1 is 1.33 bits per heavy atom. The van der Waals surface area contributed by atoms with Gasteiger partial charge in [0.15, 0.2) is 0 Å². The molecule has 2 aliphatic rings. The largest absolute Gasteiger partial charge is 0.324 e. The van der Waals surface area contributed by atoms with Gasteiger partial charge < -0.3 is 15.6 Å². The van der Waals surface area contributed by atoms with E-state index < -0.39 is 6.04 Å². The molecule has 1 aromatic carbocycles. The van der Waals surface area contributed by atoms with Crippen LogP contribution in [0.5, 0.6) is 0 Å². The summed E-state index contributed by atoms with van der Waals surface area (Å²) in [6.07, 6.45) is 8.85. The second-order valence-corrected chi connectivity index (χ2v) is 6.78. The van der Waals surface area contributed by atoms with E-state index in [1.165, 1.54) is 6.42 Å². The Hall–Kier alpha value is -2.47. The van der Waals surface area contributed by atoms with Crippen LogP contribution in [-0.2, 0) is 11.3 Å². The van der Waals surface area contributed by atoms with E-state index >= 15 is 0 Å². The minimum atomic E-state index is -0.548. The van der Waals surface area contributed by atoms with Crippen LogP contribution in [-0.4, -0.2) is 26.7 Å². The number of carbonyl (C=O) groups excluding carboxylic acids is 1. The van der Waals surface area contributed by atoms with Crippen molar-refractivity contribution in [2.45, 2.75) is 31.8 Å². The summed E-state index contributed by atoms with van der Waals surface area (Å²) in [5.74, 6) is 1.47. The van der Waals surface area contributed by atoms with Crippen LogP contribution in [0, 0.1) is 11.8 Å². The van der Waals surface area contributed by atoms with Crippen molar-refractivity contribution in [3.05, 3.63) is 54.1 Å². The fourth-order valence-electron chi connectivity index (χ4n) is 3.44. The Kier molecular flexibility index (Phi) is 3.90. The zero-order chi connectivity index (χ0) is 16.5. The summed E-state index contributed by atoms with van der Waals surface area (Å²) in [4.78, 5) is 12.5. The number of aromatic nitrogens is 3. The van der Waals surface area contributed by atoms with Gasteiger partial charge in [0.2, 0.25) is 5.91 Å². The lowest BCUT2D eigenvalue weighted by atomic mass is 9.94. The van der Waals surface area contributed by atoms with Gasteiger partial charge in [-0.1, -0.05) is 18.2 Å². The molecule has 2 aliphatic carbocycles. The first-order chi connectivity index (χ1) is 11.7. The molecule has 6 nitrogen and oxygen atoms in total. The molecule has 2 aromatic rings. The van der Waals surface area contributed by atoms with Crippen molar-refractivity contribution in [2.24, 2.45) is 17.6 Å². The highest BCUT2D eigenvalue weighted by molar-refractivity contribution is 5.96.